The van der Waals surface area contributed by atoms with Crippen molar-refractivity contribution in [3.8, 4) is 0 Å². The Kier molecular flexibility index (Phi) is 4.13. The summed E-state index contributed by atoms with van der Waals surface area (Å²) < 4.78 is 0. The summed E-state index contributed by atoms with van der Waals surface area (Å²) in [5.74, 6) is -0.121. The molecule has 0 heterocycles. The Morgan fingerprint density at radius 2 is 2.07 bits per heavy atom. The van der Waals surface area contributed by atoms with E-state index in [-0.39, 0.29) is 12.3 Å². The maximum Gasteiger partial charge on any atom is 0.222 e. The van der Waals surface area contributed by atoms with Gasteiger partial charge in [-0.05, 0) is 12.5 Å². The SMILES string of the molecule is CCNC(=O)CC(O)c1ccccc1. The van der Waals surface area contributed by atoms with E-state index in [0.717, 1.165) is 5.56 Å². The minimum absolute atomic E-state index is 0.121. The number of nitrogens with one attached hydrogen (secondary N) is 1. The molecular weight excluding hydrogens is 178 g/mol. The zero-order valence-corrected chi connectivity index (χ0v) is 8.23. The second kappa shape index (κ2) is 5.40. The fraction of sp³-hybridized carbons (Fsp3) is 0.364. The predicted molar refractivity (Wildman–Crippen MR) is 54.7 cm³/mol. The normalized spacial score (nSPS) is 12.1. The largest absolute Gasteiger partial charge is 0.388 e. The van der Waals surface area contributed by atoms with Crippen LogP contribution in [0.4, 0.5) is 0 Å². The van der Waals surface area contributed by atoms with Gasteiger partial charge in [0.2, 0.25) is 5.91 Å². The lowest BCUT2D eigenvalue weighted by molar-refractivity contribution is -0.122. The van der Waals surface area contributed by atoms with E-state index in [4.69, 9.17) is 0 Å². The number of carbonyl (C=O) groups excluding carboxylic acids is 1. The van der Waals surface area contributed by atoms with Crippen molar-refractivity contribution < 1.29 is 9.90 Å². The Labute approximate surface area is 83.8 Å². The number of benzene rings is 1. The summed E-state index contributed by atoms with van der Waals surface area (Å²) in [7, 11) is 0. The van der Waals surface area contributed by atoms with Crippen molar-refractivity contribution >= 4 is 5.91 Å². The first-order valence-electron chi connectivity index (χ1n) is 4.73. The molecule has 0 radical (unpaired) electrons. The number of carbonyl (C=O) groups is 1. The highest BCUT2D eigenvalue weighted by atomic mass is 16.3. The number of aliphatic hydroxyl groups is 1. The van der Waals surface area contributed by atoms with Crippen molar-refractivity contribution in [3.05, 3.63) is 35.9 Å². The van der Waals surface area contributed by atoms with Gasteiger partial charge in [0.05, 0.1) is 12.5 Å². The third-order valence-corrected chi connectivity index (χ3v) is 1.94. The quantitative estimate of drug-likeness (QED) is 0.756. The molecule has 3 heteroatoms. The first kappa shape index (κ1) is 10.7. The Balaban J connectivity index is 2.50. The lowest BCUT2D eigenvalue weighted by Crippen LogP contribution is -2.24. The lowest BCUT2D eigenvalue weighted by Gasteiger charge is -2.09. The van der Waals surface area contributed by atoms with Gasteiger partial charge in [0.25, 0.3) is 0 Å². The van der Waals surface area contributed by atoms with E-state index in [9.17, 15) is 9.90 Å². The Bertz CT molecular complexity index is 285. The van der Waals surface area contributed by atoms with Crippen LogP contribution in [0.2, 0.25) is 0 Å². The standard InChI is InChI=1S/C11H15NO2/c1-2-12-11(14)8-10(13)9-6-4-3-5-7-9/h3-7,10,13H,2,8H2,1H3,(H,12,14). The third kappa shape index (κ3) is 3.18. The van der Waals surface area contributed by atoms with Crippen LogP contribution in [-0.4, -0.2) is 17.6 Å². The maximum absolute atomic E-state index is 11.2. The van der Waals surface area contributed by atoms with Crippen molar-refractivity contribution in [2.75, 3.05) is 6.54 Å². The zero-order valence-electron chi connectivity index (χ0n) is 8.23. The maximum atomic E-state index is 11.2. The number of hydrogen-bond acceptors (Lipinski definition) is 2. The van der Waals surface area contributed by atoms with Crippen LogP contribution in [0.5, 0.6) is 0 Å². The summed E-state index contributed by atoms with van der Waals surface area (Å²) in [5, 5.41) is 12.3. The van der Waals surface area contributed by atoms with Crippen LogP contribution in [0.25, 0.3) is 0 Å². The van der Waals surface area contributed by atoms with E-state index in [1.54, 1.807) is 0 Å². The van der Waals surface area contributed by atoms with Gasteiger partial charge >= 0.3 is 0 Å². The molecule has 3 nitrogen and oxygen atoms in total. The highest BCUT2D eigenvalue weighted by Gasteiger charge is 2.11. The van der Waals surface area contributed by atoms with Crippen LogP contribution in [0, 0.1) is 0 Å². The molecular formula is C11H15NO2. The van der Waals surface area contributed by atoms with Gasteiger partial charge in [-0.15, -0.1) is 0 Å². The van der Waals surface area contributed by atoms with Gasteiger partial charge in [-0.1, -0.05) is 30.3 Å². The molecule has 14 heavy (non-hydrogen) atoms. The van der Waals surface area contributed by atoms with E-state index >= 15 is 0 Å². The molecule has 1 amide bonds. The monoisotopic (exact) mass is 193 g/mol. The van der Waals surface area contributed by atoms with E-state index in [1.165, 1.54) is 0 Å². The molecule has 0 aliphatic carbocycles. The molecule has 1 rings (SSSR count). The molecule has 0 bridgehead atoms. The highest BCUT2D eigenvalue weighted by molar-refractivity contribution is 5.76. The molecule has 0 aromatic heterocycles. The zero-order chi connectivity index (χ0) is 10.4. The summed E-state index contributed by atoms with van der Waals surface area (Å²) in [6.07, 6.45) is -0.583. The van der Waals surface area contributed by atoms with Crippen LogP contribution in [0.3, 0.4) is 0 Å². The van der Waals surface area contributed by atoms with E-state index < -0.39 is 6.10 Å². The van der Waals surface area contributed by atoms with E-state index in [0.29, 0.717) is 6.54 Å². The second-order valence-corrected chi connectivity index (χ2v) is 3.08. The topological polar surface area (TPSA) is 49.3 Å². The summed E-state index contributed by atoms with van der Waals surface area (Å²) >= 11 is 0. The minimum atomic E-state index is -0.706. The molecule has 76 valence electrons. The van der Waals surface area contributed by atoms with Crippen molar-refractivity contribution in [3.63, 3.8) is 0 Å². The molecule has 1 unspecified atom stereocenters. The van der Waals surface area contributed by atoms with Gasteiger partial charge in [0.1, 0.15) is 0 Å². The molecule has 2 N–H and O–H groups in total. The average molecular weight is 193 g/mol. The molecule has 0 saturated heterocycles. The second-order valence-electron chi connectivity index (χ2n) is 3.08. The van der Waals surface area contributed by atoms with Crippen molar-refractivity contribution in [2.45, 2.75) is 19.4 Å². The van der Waals surface area contributed by atoms with E-state index in [1.807, 2.05) is 37.3 Å². The van der Waals surface area contributed by atoms with Crippen LogP contribution < -0.4 is 5.32 Å². The Morgan fingerprint density at radius 3 is 2.64 bits per heavy atom. The van der Waals surface area contributed by atoms with Gasteiger partial charge in [-0.2, -0.15) is 0 Å². The first-order chi connectivity index (χ1) is 6.74. The smallest absolute Gasteiger partial charge is 0.222 e. The average Bonchev–Trinajstić information content (AvgIpc) is 2.19. The molecule has 1 aromatic rings. The summed E-state index contributed by atoms with van der Waals surface area (Å²) in [6.45, 7) is 2.45. The predicted octanol–water partition coefficient (Wildman–Crippen LogP) is 1.25. The fourth-order valence-electron chi connectivity index (χ4n) is 1.24. The van der Waals surface area contributed by atoms with Gasteiger partial charge < -0.3 is 10.4 Å². The molecule has 0 fully saturated rings. The third-order valence-electron chi connectivity index (χ3n) is 1.94. The molecule has 0 spiro atoms. The van der Waals surface area contributed by atoms with Crippen molar-refractivity contribution in [1.29, 1.82) is 0 Å². The lowest BCUT2D eigenvalue weighted by atomic mass is 10.1. The van der Waals surface area contributed by atoms with Crippen molar-refractivity contribution in [1.82, 2.24) is 5.32 Å². The van der Waals surface area contributed by atoms with Gasteiger partial charge in [0.15, 0.2) is 0 Å². The summed E-state index contributed by atoms with van der Waals surface area (Å²) in [4.78, 5) is 11.2. The first-order valence-corrected chi connectivity index (χ1v) is 4.73. The molecule has 1 aromatic carbocycles. The number of aliphatic hydroxyl groups excluding tert-OH is 1. The summed E-state index contributed by atoms with van der Waals surface area (Å²) in [6, 6.07) is 9.18. The minimum Gasteiger partial charge on any atom is -0.388 e. The van der Waals surface area contributed by atoms with Gasteiger partial charge in [-0.3, -0.25) is 4.79 Å². The number of hydrogen-bond donors (Lipinski definition) is 2. The van der Waals surface area contributed by atoms with Crippen LogP contribution in [0.15, 0.2) is 30.3 Å². The summed E-state index contributed by atoms with van der Waals surface area (Å²) in [5.41, 5.74) is 0.777. The number of amides is 1. The van der Waals surface area contributed by atoms with Gasteiger partial charge in [-0.25, -0.2) is 0 Å². The van der Waals surface area contributed by atoms with Gasteiger partial charge in [0, 0.05) is 6.54 Å². The molecule has 0 aliphatic heterocycles. The van der Waals surface area contributed by atoms with Crippen molar-refractivity contribution in [2.24, 2.45) is 0 Å². The Morgan fingerprint density at radius 1 is 1.43 bits per heavy atom. The van der Waals surface area contributed by atoms with Crippen LogP contribution in [-0.2, 0) is 4.79 Å². The van der Waals surface area contributed by atoms with E-state index in [2.05, 4.69) is 5.32 Å². The fourth-order valence-corrected chi connectivity index (χ4v) is 1.24. The molecule has 1 atom stereocenters. The van der Waals surface area contributed by atoms with Crippen LogP contribution in [0.1, 0.15) is 25.0 Å². The van der Waals surface area contributed by atoms with Crippen LogP contribution >= 0.6 is 0 Å². The number of rotatable bonds is 4. The highest BCUT2D eigenvalue weighted by Crippen LogP contribution is 2.15. The molecule has 0 aliphatic rings. The Hall–Kier alpha value is -1.35. The molecule has 0 saturated carbocycles.